The van der Waals surface area contributed by atoms with Crippen LogP contribution in [0.25, 0.3) is 0 Å². The van der Waals surface area contributed by atoms with Crippen LogP contribution in [0.4, 0.5) is 4.39 Å². The standard InChI is InChI=1S/C21H22FN3O2S/c1-27-19-7-5-15(6-8-19)11-25(12-16-3-2-4-17(22)9-16)21(26)20(23)10-18-13-28-14-24-18/h2-9,13-14,20H,10-12,23H2,1H3/t20-/m0/s1. The molecule has 1 heterocycles. The highest BCUT2D eigenvalue weighted by Gasteiger charge is 2.22. The second-order valence-electron chi connectivity index (χ2n) is 6.46. The summed E-state index contributed by atoms with van der Waals surface area (Å²) in [6.45, 7) is 0.636. The molecule has 0 fully saturated rings. The van der Waals surface area contributed by atoms with Crippen LogP contribution in [0.1, 0.15) is 16.8 Å². The van der Waals surface area contributed by atoms with Gasteiger partial charge in [-0.05, 0) is 35.4 Å². The molecule has 2 aromatic carbocycles. The largest absolute Gasteiger partial charge is 0.497 e. The van der Waals surface area contributed by atoms with E-state index in [0.29, 0.717) is 18.5 Å². The van der Waals surface area contributed by atoms with E-state index in [1.165, 1.54) is 23.5 Å². The van der Waals surface area contributed by atoms with Gasteiger partial charge in [-0.1, -0.05) is 24.3 Å². The van der Waals surface area contributed by atoms with Gasteiger partial charge in [-0.3, -0.25) is 4.79 Å². The fraction of sp³-hybridized carbons (Fsp3) is 0.238. The molecule has 5 nitrogen and oxygen atoms in total. The van der Waals surface area contributed by atoms with Gasteiger partial charge < -0.3 is 15.4 Å². The quantitative estimate of drug-likeness (QED) is 0.630. The number of carbonyl (C=O) groups excluding carboxylic acids is 1. The van der Waals surface area contributed by atoms with E-state index in [4.69, 9.17) is 10.5 Å². The Morgan fingerprint density at radius 1 is 1.21 bits per heavy atom. The van der Waals surface area contributed by atoms with Gasteiger partial charge in [-0.2, -0.15) is 0 Å². The lowest BCUT2D eigenvalue weighted by Gasteiger charge is -2.26. The minimum Gasteiger partial charge on any atom is -0.497 e. The number of hydrogen-bond donors (Lipinski definition) is 1. The third-order valence-electron chi connectivity index (χ3n) is 4.34. The van der Waals surface area contributed by atoms with Crippen molar-refractivity contribution in [3.63, 3.8) is 0 Å². The zero-order chi connectivity index (χ0) is 19.9. The van der Waals surface area contributed by atoms with Crippen molar-refractivity contribution < 1.29 is 13.9 Å². The molecular formula is C21H22FN3O2S. The Hall–Kier alpha value is -2.77. The normalized spacial score (nSPS) is 11.8. The number of benzene rings is 2. The summed E-state index contributed by atoms with van der Waals surface area (Å²) in [4.78, 5) is 18.9. The summed E-state index contributed by atoms with van der Waals surface area (Å²) in [5, 5.41) is 1.88. The molecular weight excluding hydrogens is 377 g/mol. The summed E-state index contributed by atoms with van der Waals surface area (Å²) in [5.41, 5.74) is 10.3. The van der Waals surface area contributed by atoms with Crippen LogP contribution in [0.15, 0.2) is 59.4 Å². The van der Waals surface area contributed by atoms with Crippen LogP contribution in [0.5, 0.6) is 5.75 Å². The fourth-order valence-corrected chi connectivity index (χ4v) is 3.48. The molecule has 0 aliphatic heterocycles. The van der Waals surface area contributed by atoms with Crippen molar-refractivity contribution in [3.8, 4) is 5.75 Å². The van der Waals surface area contributed by atoms with E-state index in [1.807, 2.05) is 29.6 Å². The third kappa shape index (κ3) is 5.37. The number of halogens is 1. The van der Waals surface area contributed by atoms with Crippen molar-refractivity contribution in [1.29, 1.82) is 0 Å². The molecule has 1 atom stereocenters. The SMILES string of the molecule is COc1ccc(CN(Cc2cccc(F)c2)C(=O)[C@@H](N)Cc2cscn2)cc1. The van der Waals surface area contributed by atoms with Gasteiger partial charge in [0.15, 0.2) is 0 Å². The lowest BCUT2D eigenvalue weighted by molar-refractivity contribution is -0.133. The number of carbonyl (C=O) groups is 1. The van der Waals surface area contributed by atoms with Crippen molar-refractivity contribution in [1.82, 2.24) is 9.88 Å². The smallest absolute Gasteiger partial charge is 0.240 e. The summed E-state index contributed by atoms with van der Waals surface area (Å²) in [6, 6.07) is 13.0. The molecule has 0 saturated heterocycles. The van der Waals surface area contributed by atoms with Gasteiger partial charge in [-0.25, -0.2) is 9.37 Å². The number of nitrogens with two attached hydrogens (primary N) is 1. The first-order chi connectivity index (χ1) is 13.5. The van der Waals surface area contributed by atoms with Crippen molar-refractivity contribution in [2.75, 3.05) is 7.11 Å². The molecule has 0 bridgehead atoms. The molecule has 0 spiro atoms. The van der Waals surface area contributed by atoms with E-state index in [2.05, 4.69) is 4.98 Å². The number of ether oxygens (including phenoxy) is 1. The molecule has 1 aromatic heterocycles. The molecule has 0 aliphatic carbocycles. The highest BCUT2D eigenvalue weighted by molar-refractivity contribution is 7.07. The summed E-state index contributed by atoms with van der Waals surface area (Å²) in [7, 11) is 1.60. The van der Waals surface area contributed by atoms with E-state index >= 15 is 0 Å². The first-order valence-corrected chi connectivity index (χ1v) is 9.78. The van der Waals surface area contributed by atoms with Crippen LogP contribution in [-0.4, -0.2) is 28.9 Å². The second kappa shape index (κ2) is 9.43. The van der Waals surface area contributed by atoms with Gasteiger partial charge in [0.25, 0.3) is 0 Å². The molecule has 1 amide bonds. The maximum Gasteiger partial charge on any atom is 0.240 e. The lowest BCUT2D eigenvalue weighted by Crippen LogP contribution is -2.44. The number of methoxy groups -OCH3 is 1. The van der Waals surface area contributed by atoms with Crippen LogP contribution < -0.4 is 10.5 Å². The first kappa shape index (κ1) is 20.0. The average Bonchev–Trinajstić information content (AvgIpc) is 3.20. The van der Waals surface area contributed by atoms with Crippen molar-refractivity contribution in [2.24, 2.45) is 5.73 Å². The van der Waals surface area contributed by atoms with Gasteiger partial charge >= 0.3 is 0 Å². The Morgan fingerprint density at radius 2 is 1.96 bits per heavy atom. The molecule has 0 radical (unpaired) electrons. The van der Waals surface area contributed by atoms with Gasteiger partial charge in [0, 0.05) is 24.9 Å². The molecule has 28 heavy (non-hydrogen) atoms. The zero-order valence-corrected chi connectivity index (χ0v) is 16.4. The molecule has 7 heteroatoms. The minimum atomic E-state index is -0.714. The first-order valence-electron chi connectivity index (χ1n) is 8.84. The van der Waals surface area contributed by atoms with Gasteiger partial charge in [0.2, 0.25) is 5.91 Å². The fourth-order valence-electron chi connectivity index (χ4n) is 2.90. The Morgan fingerprint density at radius 3 is 2.61 bits per heavy atom. The van der Waals surface area contributed by atoms with Crippen LogP contribution in [0, 0.1) is 5.82 Å². The van der Waals surface area contributed by atoms with Gasteiger partial charge in [-0.15, -0.1) is 11.3 Å². The van der Waals surface area contributed by atoms with E-state index in [1.54, 1.807) is 29.7 Å². The molecule has 0 aliphatic rings. The summed E-state index contributed by atoms with van der Waals surface area (Å²) >= 11 is 1.47. The van der Waals surface area contributed by atoms with Crippen LogP contribution >= 0.6 is 11.3 Å². The molecule has 3 aromatic rings. The molecule has 0 saturated carbocycles. The number of hydrogen-bond acceptors (Lipinski definition) is 5. The Bertz CT molecular complexity index is 900. The van der Waals surface area contributed by atoms with E-state index in [9.17, 15) is 9.18 Å². The molecule has 0 unspecified atom stereocenters. The van der Waals surface area contributed by atoms with Crippen molar-refractivity contribution in [3.05, 3.63) is 82.1 Å². The molecule has 2 N–H and O–H groups in total. The van der Waals surface area contributed by atoms with Crippen molar-refractivity contribution >= 4 is 17.2 Å². The van der Waals surface area contributed by atoms with E-state index < -0.39 is 6.04 Å². The summed E-state index contributed by atoms with van der Waals surface area (Å²) in [5.74, 6) is 0.209. The van der Waals surface area contributed by atoms with Crippen LogP contribution in [-0.2, 0) is 24.3 Å². The maximum atomic E-state index is 13.6. The highest BCUT2D eigenvalue weighted by atomic mass is 32.1. The number of rotatable bonds is 8. The van der Waals surface area contributed by atoms with E-state index in [-0.39, 0.29) is 18.3 Å². The third-order valence-corrected chi connectivity index (χ3v) is 4.97. The molecule has 146 valence electrons. The number of aromatic nitrogens is 1. The Kier molecular flexibility index (Phi) is 6.73. The predicted molar refractivity (Wildman–Crippen MR) is 107 cm³/mol. The van der Waals surface area contributed by atoms with Crippen LogP contribution in [0.3, 0.4) is 0 Å². The monoisotopic (exact) mass is 399 g/mol. The number of thiazole rings is 1. The highest BCUT2D eigenvalue weighted by Crippen LogP contribution is 2.17. The summed E-state index contributed by atoms with van der Waals surface area (Å²) in [6.07, 6.45) is 0.366. The second-order valence-corrected chi connectivity index (χ2v) is 7.18. The lowest BCUT2D eigenvalue weighted by atomic mass is 10.1. The average molecular weight is 399 g/mol. The number of nitrogens with zero attached hydrogens (tertiary/aromatic N) is 2. The van der Waals surface area contributed by atoms with Crippen molar-refractivity contribution in [2.45, 2.75) is 25.6 Å². The topological polar surface area (TPSA) is 68.5 Å². The Balaban J connectivity index is 1.78. The summed E-state index contributed by atoms with van der Waals surface area (Å²) < 4.78 is 18.8. The van der Waals surface area contributed by atoms with E-state index in [0.717, 1.165) is 17.0 Å². The van der Waals surface area contributed by atoms with Gasteiger partial charge in [0.1, 0.15) is 11.6 Å². The zero-order valence-electron chi connectivity index (χ0n) is 15.5. The Labute approximate surface area is 167 Å². The number of amides is 1. The maximum absolute atomic E-state index is 13.6. The minimum absolute atomic E-state index is 0.201. The van der Waals surface area contributed by atoms with Crippen LogP contribution in [0.2, 0.25) is 0 Å². The predicted octanol–water partition coefficient (Wildman–Crippen LogP) is 3.39. The van der Waals surface area contributed by atoms with Gasteiger partial charge in [0.05, 0.1) is 24.4 Å². The molecule has 3 rings (SSSR count).